The van der Waals surface area contributed by atoms with Gasteiger partial charge in [-0.05, 0) is 189 Å². The minimum absolute atomic E-state index is 0.754. The van der Waals surface area contributed by atoms with Crippen LogP contribution < -0.4 is 0 Å². The molecule has 1 saturated heterocycles. The average Bonchev–Trinajstić information content (AvgIpc) is 3.92. The van der Waals surface area contributed by atoms with Crippen LogP contribution >= 0.6 is 23.1 Å². The first kappa shape index (κ1) is 41.1. The predicted molar refractivity (Wildman–Crippen MR) is 225 cm³/mol. The van der Waals surface area contributed by atoms with Crippen molar-refractivity contribution in [1.29, 1.82) is 0 Å². The molecule has 1 nitrogen and oxygen atoms in total. The third-order valence-electron chi connectivity index (χ3n) is 11.4. The van der Waals surface area contributed by atoms with Gasteiger partial charge in [-0.1, -0.05) is 79.4 Å². The predicted octanol–water partition coefficient (Wildman–Crippen LogP) is 16.1. The first-order valence-corrected chi connectivity index (χ1v) is 22.8. The minimum atomic E-state index is 0.754. The number of ether oxygens (including phenoxy) is 1. The van der Waals surface area contributed by atoms with E-state index < -0.39 is 0 Å². The second kappa shape index (κ2) is 21.1. The zero-order chi connectivity index (χ0) is 36.0. The summed E-state index contributed by atoms with van der Waals surface area (Å²) < 4.78 is 6.80. The number of aryl methyl sites for hydroxylation is 1. The van der Waals surface area contributed by atoms with E-state index in [1.807, 2.05) is 11.3 Å². The van der Waals surface area contributed by atoms with Crippen LogP contribution in [0.25, 0.3) is 5.57 Å². The SMILES string of the molecule is CCC\C=C(CCCC)/C(=C/C(CC)=C1\CCCO\C1=C(C)/C(CCC)=C1\CCCC\C1=C(\C)c1scc(C)c1SCCC(C)CC)C1CC1. The van der Waals surface area contributed by atoms with Crippen molar-refractivity contribution in [2.75, 3.05) is 12.4 Å². The molecule has 278 valence electrons. The largest absolute Gasteiger partial charge is 0.493 e. The smallest absolute Gasteiger partial charge is 0.125 e. The summed E-state index contributed by atoms with van der Waals surface area (Å²) in [5, 5.41) is 2.41. The van der Waals surface area contributed by atoms with Crippen LogP contribution in [0.2, 0.25) is 0 Å². The fraction of sp³-hybridized carbons (Fsp3) is 0.660. The molecule has 4 rings (SSSR count). The van der Waals surface area contributed by atoms with Crippen LogP contribution in [0.4, 0.5) is 0 Å². The summed E-state index contributed by atoms with van der Waals surface area (Å²) in [7, 11) is 0. The molecule has 1 aromatic rings. The molecule has 1 unspecified atom stereocenters. The Hall–Kier alpha value is -1.71. The van der Waals surface area contributed by atoms with E-state index in [0.717, 1.165) is 44.1 Å². The molecular weight excluding hydrogens is 645 g/mol. The molecule has 0 bridgehead atoms. The first-order valence-electron chi connectivity index (χ1n) is 20.9. The summed E-state index contributed by atoms with van der Waals surface area (Å²) in [4.78, 5) is 3.07. The lowest BCUT2D eigenvalue weighted by Crippen LogP contribution is -2.13. The number of hydrogen-bond acceptors (Lipinski definition) is 3. The van der Waals surface area contributed by atoms with Gasteiger partial charge in [-0.25, -0.2) is 0 Å². The molecule has 2 aliphatic carbocycles. The van der Waals surface area contributed by atoms with Gasteiger partial charge in [0.25, 0.3) is 0 Å². The van der Waals surface area contributed by atoms with Crippen LogP contribution in [-0.2, 0) is 4.74 Å². The van der Waals surface area contributed by atoms with E-state index in [2.05, 4.69) is 91.6 Å². The molecule has 3 aliphatic rings. The van der Waals surface area contributed by atoms with Crippen LogP contribution in [0.15, 0.2) is 72.8 Å². The Kier molecular flexibility index (Phi) is 17.3. The van der Waals surface area contributed by atoms with E-state index >= 15 is 0 Å². The van der Waals surface area contributed by atoms with Gasteiger partial charge < -0.3 is 4.74 Å². The monoisotopic (exact) mass is 717 g/mol. The van der Waals surface area contributed by atoms with Gasteiger partial charge in [0.15, 0.2) is 0 Å². The lowest BCUT2D eigenvalue weighted by molar-refractivity contribution is 0.190. The van der Waals surface area contributed by atoms with Crippen LogP contribution in [0.1, 0.15) is 181 Å². The van der Waals surface area contributed by atoms with Crippen LogP contribution in [0.5, 0.6) is 0 Å². The van der Waals surface area contributed by atoms with E-state index in [4.69, 9.17) is 4.74 Å². The molecule has 2 heterocycles. The Morgan fingerprint density at radius 1 is 0.940 bits per heavy atom. The Bertz CT molecular complexity index is 1450. The molecule has 0 aromatic carbocycles. The highest BCUT2D eigenvalue weighted by Gasteiger charge is 2.30. The molecule has 1 aromatic heterocycles. The van der Waals surface area contributed by atoms with Gasteiger partial charge in [-0.15, -0.1) is 23.1 Å². The van der Waals surface area contributed by atoms with Crippen molar-refractivity contribution in [3.05, 3.63) is 78.3 Å². The highest BCUT2D eigenvalue weighted by Crippen LogP contribution is 2.46. The van der Waals surface area contributed by atoms with Gasteiger partial charge in [0.1, 0.15) is 5.76 Å². The van der Waals surface area contributed by atoms with E-state index in [0.29, 0.717) is 0 Å². The van der Waals surface area contributed by atoms with Gasteiger partial charge in [-0.3, -0.25) is 0 Å². The van der Waals surface area contributed by atoms with Crippen LogP contribution in [0.3, 0.4) is 0 Å². The minimum Gasteiger partial charge on any atom is -0.493 e. The summed E-state index contributed by atoms with van der Waals surface area (Å²) in [5.74, 6) is 3.99. The molecule has 0 amide bonds. The fourth-order valence-corrected chi connectivity index (χ4v) is 10.6. The van der Waals surface area contributed by atoms with Gasteiger partial charge in [-0.2, -0.15) is 0 Å². The Labute approximate surface area is 317 Å². The normalized spacial score (nSPS) is 22.3. The topological polar surface area (TPSA) is 9.23 Å². The maximum Gasteiger partial charge on any atom is 0.125 e. The zero-order valence-corrected chi connectivity index (χ0v) is 35.4. The van der Waals surface area contributed by atoms with Gasteiger partial charge >= 0.3 is 0 Å². The maximum absolute atomic E-state index is 6.80. The Morgan fingerprint density at radius 2 is 1.68 bits per heavy atom. The summed E-state index contributed by atoms with van der Waals surface area (Å²) >= 11 is 4.09. The standard InChI is InChI=1S/C47H72OS2/c1-10-15-21-38(22-16-11-2)44(39-26-27-39)31-37(14-5)42-25-19-29-48-45(42)35(8)40(20-12-3)43-24-18-17-23-41(43)36(9)47-46(34(7)32-50-47)49-30-28-33(6)13-4/h21,31-33,39H,10-20,22-30H2,1-9H3/b38-21-,41-36+,42-37+,43-40+,44-31-,45-35-. The van der Waals surface area contributed by atoms with Gasteiger partial charge in [0, 0.05) is 9.77 Å². The number of allylic oxidation sites excluding steroid dienone is 11. The number of unbranched alkanes of at least 4 members (excludes halogenated alkanes) is 2. The highest BCUT2D eigenvalue weighted by molar-refractivity contribution is 7.99. The maximum atomic E-state index is 6.80. The van der Waals surface area contributed by atoms with Gasteiger partial charge in [0.05, 0.1) is 6.61 Å². The highest BCUT2D eigenvalue weighted by atomic mass is 32.2. The second-order valence-electron chi connectivity index (χ2n) is 15.5. The van der Waals surface area contributed by atoms with E-state index in [1.54, 1.807) is 38.3 Å². The zero-order valence-electron chi connectivity index (χ0n) is 33.8. The lowest BCUT2D eigenvalue weighted by Gasteiger charge is -2.29. The van der Waals surface area contributed by atoms with Gasteiger partial charge in [0.2, 0.25) is 0 Å². The fourth-order valence-electron chi connectivity index (χ4n) is 7.95. The quantitative estimate of drug-likeness (QED) is 0.110. The van der Waals surface area contributed by atoms with Crippen LogP contribution in [-0.4, -0.2) is 12.4 Å². The Balaban J connectivity index is 1.84. The van der Waals surface area contributed by atoms with Crippen molar-refractivity contribution in [2.24, 2.45) is 11.8 Å². The number of rotatable bonds is 18. The van der Waals surface area contributed by atoms with E-state index in [1.165, 1.54) is 129 Å². The molecule has 0 radical (unpaired) electrons. The van der Waals surface area contributed by atoms with E-state index in [-0.39, 0.29) is 0 Å². The first-order chi connectivity index (χ1) is 24.3. The summed E-state index contributed by atoms with van der Waals surface area (Å²) in [6.45, 7) is 22.2. The summed E-state index contributed by atoms with van der Waals surface area (Å²) in [6, 6.07) is 0. The molecule has 3 heteroatoms. The Morgan fingerprint density at radius 3 is 2.34 bits per heavy atom. The van der Waals surface area contributed by atoms with E-state index in [9.17, 15) is 0 Å². The van der Waals surface area contributed by atoms with Crippen molar-refractivity contribution in [2.45, 2.75) is 183 Å². The van der Waals surface area contributed by atoms with Crippen molar-refractivity contribution < 1.29 is 4.74 Å². The van der Waals surface area contributed by atoms with Crippen molar-refractivity contribution in [3.63, 3.8) is 0 Å². The number of hydrogen-bond donors (Lipinski definition) is 0. The van der Waals surface area contributed by atoms with Crippen LogP contribution in [0, 0.1) is 18.8 Å². The van der Waals surface area contributed by atoms with Crippen molar-refractivity contribution in [3.8, 4) is 0 Å². The molecule has 2 saturated carbocycles. The summed E-state index contributed by atoms with van der Waals surface area (Å²) in [6.07, 6.45) is 27.3. The second-order valence-corrected chi connectivity index (χ2v) is 17.5. The molecule has 3 fully saturated rings. The molecule has 1 aliphatic heterocycles. The lowest BCUT2D eigenvalue weighted by atomic mass is 9.79. The number of thiophene rings is 1. The molecular formula is C47H72OS2. The average molecular weight is 717 g/mol. The number of thioether (sulfide) groups is 1. The molecule has 0 spiro atoms. The molecule has 0 N–H and O–H groups in total. The molecule has 50 heavy (non-hydrogen) atoms. The van der Waals surface area contributed by atoms with Crippen molar-refractivity contribution in [1.82, 2.24) is 0 Å². The summed E-state index contributed by atoms with van der Waals surface area (Å²) in [5.41, 5.74) is 15.6. The van der Waals surface area contributed by atoms with Crippen molar-refractivity contribution >= 4 is 28.7 Å². The third kappa shape index (κ3) is 10.9. The third-order valence-corrected chi connectivity index (χ3v) is 14.0. The molecule has 1 atom stereocenters.